The van der Waals surface area contributed by atoms with Crippen LogP contribution in [0.3, 0.4) is 0 Å². The molecule has 2 aromatic carbocycles. The number of hydrogen-bond donors (Lipinski definition) is 1. The number of benzene rings is 2. The lowest BCUT2D eigenvalue weighted by atomic mass is 10.1. The van der Waals surface area contributed by atoms with Gasteiger partial charge in [0.1, 0.15) is 12.4 Å². The van der Waals surface area contributed by atoms with Crippen LogP contribution >= 0.6 is 0 Å². The molecule has 4 nitrogen and oxygen atoms in total. The second-order valence-electron chi connectivity index (χ2n) is 5.64. The van der Waals surface area contributed by atoms with Crippen molar-refractivity contribution in [2.45, 2.75) is 26.4 Å². The van der Waals surface area contributed by atoms with Crippen molar-refractivity contribution in [1.29, 1.82) is 0 Å². The molecule has 2 amide bonds. The minimum Gasteiger partial charge on any atom is -0.350 e. The topological polar surface area (TPSA) is 49.4 Å². The van der Waals surface area contributed by atoms with E-state index in [9.17, 15) is 14.0 Å². The molecule has 0 heterocycles. The average Bonchev–Trinajstić information content (AvgIpc) is 2.59. The Kier molecular flexibility index (Phi) is 6.07. The fourth-order valence-electron chi connectivity index (χ4n) is 2.45. The maximum absolute atomic E-state index is 12.9. The number of halogens is 1. The molecule has 0 aliphatic rings. The molecule has 0 fully saturated rings. The third-order valence-corrected chi connectivity index (χ3v) is 3.87. The van der Waals surface area contributed by atoms with Crippen molar-refractivity contribution in [2.24, 2.45) is 0 Å². The van der Waals surface area contributed by atoms with Gasteiger partial charge < -0.3 is 10.2 Å². The summed E-state index contributed by atoms with van der Waals surface area (Å²) in [5.41, 5.74) is 1.77. The van der Waals surface area contributed by atoms with E-state index in [0.29, 0.717) is 6.54 Å². The van der Waals surface area contributed by atoms with Crippen LogP contribution < -0.4 is 5.32 Å². The van der Waals surface area contributed by atoms with E-state index in [0.717, 1.165) is 11.1 Å². The minimum atomic E-state index is -0.315. The first kappa shape index (κ1) is 17.7. The molecule has 0 aromatic heterocycles. The second-order valence-corrected chi connectivity index (χ2v) is 5.64. The van der Waals surface area contributed by atoms with Crippen molar-refractivity contribution >= 4 is 11.8 Å². The molecular formula is C19H21FN2O2. The van der Waals surface area contributed by atoms with E-state index in [2.05, 4.69) is 5.32 Å². The van der Waals surface area contributed by atoms with E-state index in [1.807, 2.05) is 37.3 Å². The summed E-state index contributed by atoms with van der Waals surface area (Å²) < 4.78 is 12.9. The Hall–Kier alpha value is -2.69. The summed E-state index contributed by atoms with van der Waals surface area (Å²) >= 11 is 0. The number of carbonyl (C=O) groups excluding carboxylic acids is 2. The molecule has 0 bridgehead atoms. The van der Waals surface area contributed by atoms with Gasteiger partial charge >= 0.3 is 0 Å². The highest BCUT2D eigenvalue weighted by atomic mass is 19.1. The molecule has 0 saturated carbocycles. The van der Waals surface area contributed by atoms with Gasteiger partial charge in [0.25, 0.3) is 0 Å². The smallest absolute Gasteiger partial charge is 0.239 e. The van der Waals surface area contributed by atoms with Crippen LogP contribution in [0.4, 0.5) is 4.39 Å². The van der Waals surface area contributed by atoms with Crippen molar-refractivity contribution in [3.05, 3.63) is 71.5 Å². The molecule has 2 aromatic rings. The van der Waals surface area contributed by atoms with Crippen molar-refractivity contribution in [3.63, 3.8) is 0 Å². The first-order valence-electron chi connectivity index (χ1n) is 7.80. The van der Waals surface area contributed by atoms with E-state index in [4.69, 9.17) is 0 Å². The second kappa shape index (κ2) is 8.24. The van der Waals surface area contributed by atoms with Gasteiger partial charge in [0, 0.05) is 13.5 Å². The number of carbonyl (C=O) groups is 2. The fourth-order valence-corrected chi connectivity index (χ4v) is 2.45. The summed E-state index contributed by atoms with van der Waals surface area (Å²) in [6.45, 7) is 3.62. The van der Waals surface area contributed by atoms with E-state index in [1.165, 1.54) is 24.0 Å². The highest BCUT2D eigenvalue weighted by Gasteiger charge is 2.20. The summed E-state index contributed by atoms with van der Waals surface area (Å²) in [5, 5.41) is 2.75. The third kappa shape index (κ3) is 4.91. The Morgan fingerprint density at radius 2 is 1.71 bits per heavy atom. The van der Waals surface area contributed by atoms with Gasteiger partial charge in [-0.2, -0.15) is 0 Å². The summed E-state index contributed by atoms with van der Waals surface area (Å²) in [7, 11) is 0. The first-order valence-corrected chi connectivity index (χ1v) is 7.80. The highest BCUT2D eigenvalue weighted by molar-refractivity contribution is 5.84. The monoisotopic (exact) mass is 328 g/mol. The SMILES string of the molecule is CC(=O)N(CC(=O)NCc1ccc(F)cc1)C(C)c1ccccc1. The number of nitrogens with one attached hydrogen (secondary N) is 1. The van der Waals surface area contributed by atoms with Crippen LogP contribution in [0.5, 0.6) is 0 Å². The lowest BCUT2D eigenvalue weighted by Crippen LogP contribution is -2.40. The standard InChI is InChI=1S/C19H21FN2O2/c1-14(17-6-4-3-5-7-17)22(15(2)23)13-19(24)21-12-16-8-10-18(20)11-9-16/h3-11,14H,12-13H2,1-2H3,(H,21,24). The first-order chi connectivity index (χ1) is 11.5. The third-order valence-electron chi connectivity index (χ3n) is 3.87. The molecule has 126 valence electrons. The lowest BCUT2D eigenvalue weighted by Gasteiger charge is -2.28. The summed E-state index contributed by atoms with van der Waals surface area (Å²) in [6, 6.07) is 15.3. The van der Waals surface area contributed by atoms with Gasteiger partial charge in [-0.15, -0.1) is 0 Å². The molecule has 1 atom stereocenters. The lowest BCUT2D eigenvalue weighted by molar-refractivity contribution is -0.136. The van der Waals surface area contributed by atoms with Gasteiger partial charge in [0.15, 0.2) is 0 Å². The number of amides is 2. The Labute approximate surface area is 141 Å². The normalized spacial score (nSPS) is 11.6. The Bertz CT molecular complexity index is 686. The zero-order valence-corrected chi connectivity index (χ0v) is 13.8. The Morgan fingerprint density at radius 3 is 2.29 bits per heavy atom. The molecule has 0 radical (unpaired) electrons. The maximum Gasteiger partial charge on any atom is 0.239 e. The largest absolute Gasteiger partial charge is 0.350 e. The Morgan fingerprint density at radius 1 is 1.08 bits per heavy atom. The minimum absolute atomic E-state index is 0.0212. The molecule has 0 spiro atoms. The zero-order valence-electron chi connectivity index (χ0n) is 13.8. The molecule has 1 unspecified atom stereocenters. The van der Waals surface area contributed by atoms with Crippen LogP contribution in [-0.4, -0.2) is 23.3 Å². The number of rotatable bonds is 6. The van der Waals surface area contributed by atoms with Gasteiger partial charge in [-0.05, 0) is 30.2 Å². The zero-order chi connectivity index (χ0) is 17.5. The van der Waals surface area contributed by atoms with Crippen LogP contribution in [0.1, 0.15) is 31.0 Å². The molecule has 2 rings (SSSR count). The molecule has 0 aliphatic carbocycles. The molecule has 0 saturated heterocycles. The van der Waals surface area contributed by atoms with E-state index in [1.54, 1.807) is 12.1 Å². The van der Waals surface area contributed by atoms with Crippen LogP contribution in [0.2, 0.25) is 0 Å². The van der Waals surface area contributed by atoms with Crippen LogP contribution in [0.25, 0.3) is 0 Å². The van der Waals surface area contributed by atoms with Crippen LogP contribution in [0, 0.1) is 5.82 Å². The number of nitrogens with zero attached hydrogens (tertiary/aromatic N) is 1. The van der Waals surface area contributed by atoms with Gasteiger partial charge in [-0.3, -0.25) is 9.59 Å². The number of hydrogen-bond acceptors (Lipinski definition) is 2. The van der Waals surface area contributed by atoms with E-state index in [-0.39, 0.29) is 30.2 Å². The molecule has 5 heteroatoms. The summed E-state index contributed by atoms with van der Waals surface area (Å²) in [4.78, 5) is 25.6. The predicted octanol–water partition coefficient (Wildman–Crippen LogP) is 3.05. The van der Waals surface area contributed by atoms with E-state index >= 15 is 0 Å². The van der Waals surface area contributed by atoms with Crippen molar-refractivity contribution in [1.82, 2.24) is 10.2 Å². The molecular weight excluding hydrogens is 307 g/mol. The van der Waals surface area contributed by atoms with Crippen molar-refractivity contribution < 1.29 is 14.0 Å². The van der Waals surface area contributed by atoms with E-state index < -0.39 is 0 Å². The van der Waals surface area contributed by atoms with Crippen molar-refractivity contribution in [2.75, 3.05) is 6.54 Å². The molecule has 1 N–H and O–H groups in total. The Balaban J connectivity index is 1.96. The van der Waals surface area contributed by atoms with Gasteiger partial charge in [-0.25, -0.2) is 4.39 Å². The maximum atomic E-state index is 12.9. The predicted molar refractivity (Wildman–Crippen MR) is 90.5 cm³/mol. The molecule has 0 aliphatic heterocycles. The van der Waals surface area contributed by atoms with Crippen LogP contribution in [-0.2, 0) is 16.1 Å². The quantitative estimate of drug-likeness (QED) is 0.886. The van der Waals surface area contributed by atoms with Gasteiger partial charge in [-0.1, -0.05) is 42.5 Å². The van der Waals surface area contributed by atoms with Crippen molar-refractivity contribution in [3.8, 4) is 0 Å². The fraction of sp³-hybridized carbons (Fsp3) is 0.263. The highest BCUT2D eigenvalue weighted by Crippen LogP contribution is 2.19. The van der Waals surface area contributed by atoms with Crippen LogP contribution in [0.15, 0.2) is 54.6 Å². The summed E-state index contributed by atoms with van der Waals surface area (Å²) in [6.07, 6.45) is 0. The molecule has 24 heavy (non-hydrogen) atoms. The summed E-state index contributed by atoms with van der Waals surface area (Å²) in [5.74, 6) is -0.731. The van der Waals surface area contributed by atoms with Gasteiger partial charge in [0.2, 0.25) is 11.8 Å². The average molecular weight is 328 g/mol. The van der Waals surface area contributed by atoms with Gasteiger partial charge in [0.05, 0.1) is 6.04 Å².